The molecule has 2 aromatic rings. The van der Waals surface area contributed by atoms with E-state index in [4.69, 9.17) is 4.74 Å². The summed E-state index contributed by atoms with van der Waals surface area (Å²) in [4.78, 5) is 30.3. The summed E-state index contributed by atoms with van der Waals surface area (Å²) in [6, 6.07) is 9.97. The Morgan fingerprint density at radius 3 is 2.32 bits per heavy atom. The van der Waals surface area contributed by atoms with Gasteiger partial charge in [-0.3, -0.25) is 4.79 Å². The summed E-state index contributed by atoms with van der Waals surface area (Å²) in [7, 11) is 0. The minimum absolute atomic E-state index is 0.0262. The Morgan fingerprint density at radius 1 is 1.00 bits per heavy atom. The molecule has 0 spiro atoms. The number of ketones is 1. The Balaban J connectivity index is 1.48. The zero-order valence-corrected chi connectivity index (χ0v) is 21.0. The molecule has 7 heteroatoms. The van der Waals surface area contributed by atoms with Crippen LogP contribution in [0, 0.1) is 11.3 Å². The van der Waals surface area contributed by atoms with Crippen LogP contribution in [0.25, 0.3) is 18.2 Å². The van der Waals surface area contributed by atoms with Crippen molar-refractivity contribution in [3.63, 3.8) is 0 Å². The number of carbonyl (C=O) groups excluding carboxylic acids is 2. The average molecular weight is 493 g/mol. The number of hydrogen-bond acceptors (Lipinski definition) is 7. The van der Waals surface area contributed by atoms with Gasteiger partial charge in [-0.1, -0.05) is 0 Å². The van der Waals surface area contributed by atoms with Crippen LogP contribution >= 0.6 is 22.7 Å². The van der Waals surface area contributed by atoms with Crippen molar-refractivity contribution in [1.82, 2.24) is 0 Å². The minimum atomic E-state index is -0.618. The normalized spacial score (nSPS) is 19.5. The van der Waals surface area contributed by atoms with Crippen molar-refractivity contribution < 1.29 is 14.3 Å². The topological polar surface area (TPSA) is 70.4 Å². The van der Waals surface area contributed by atoms with E-state index >= 15 is 0 Å². The number of hydrogen-bond donors (Lipinski definition) is 0. The molecule has 0 amide bonds. The van der Waals surface area contributed by atoms with Gasteiger partial charge in [0.15, 0.2) is 5.78 Å². The van der Waals surface area contributed by atoms with Gasteiger partial charge >= 0.3 is 5.97 Å². The van der Waals surface area contributed by atoms with Crippen LogP contribution < -0.4 is 4.90 Å². The molecule has 0 unspecified atom stereocenters. The Morgan fingerprint density at radius 2 is 1.65 bits per heavy atom. The Bertz CT molecular complexity index is 1190. The summed E-state index contributed by atoms with van der Waals surface area (Å²) in [5.74, 6) is -0.499. The second kappa shape index (κ2) is 11.5. The van der Waals surface area contributed by atoms with Gasteiger partial charge < -0.3 is 9.64 Å². The van der Waals surface area contributed by atoms with Crippen LogP contribution in [-0.4, -0.2) is 31.4 Å². The molecule has 0 atom stereocenters. The molecule has 176 valence electrons. The van der Waals surface area contributed by atoms with Crippen molar-refractivity contribution >= 4 is 57.7 Å². The third-order valence-corrected chi connectivity index (χ3v) is 8.01. The molecule has 4 rings (SSSR count). The number of rotatable bonds is 6. The van der Waals surface area contributed by atoms with Crippen molar-refractivity contribution in [2.75, 3.05) is 24.6 Å². The highest BCUT2D eigenvalue weighted by atomic mass is 32.1. The zero-order chi connectivity index (χ0) is 23.9. The van der Waals surface area contributed by atoms with Gasteiger partial charge in [0, 0.05) is 38.9 Å². The number of allylic oxidation sites excluding steroid dienone is 2. The van der Waals surface area contributed by atoms with E-state index in [0.717, 1.165) is 58.1 Å². The highest BCUT2D eigenvalue weighted by Crippen LogP contribution is 2.34. The van der Waals surface area contributed by atoms with Gasteiger partial charge in [0.05, 0.1) is 11.6 Å². The fraction of sp³-hybridized carbons (Fsp3) is 0.370. The maximum atomic E-state index is 13.2. The zero-order valence-electron chi connectivity index (χ0n) is 19.3. The lowest BCUT2D eigenvalue weighted by Crippen LogP contribution is -2.28. The molecule has 1 aliphatic heterocycles. The van der Waals surface area contributed by atoms with Gasteiger partial charge in [0.2, 0.25) is 0 Å². The summed E-state index contributed by atoms with van der Waals surface area (Å²) in [6.45, 7) is 4.17. The highest BCUT2D eigenvalue weighted by molar-refractivity contribution is 7.17. The molecule has 0 bridgehead atoms. The first-order chi connectivity index (χ1) is 16.6. The van der Waals surface area contributed by atoms with E-state index in [1.807, 2.05) is 24.3 Å². The van der Waals surface area contributed by atoms with Crippen LogP contribution in [0.2, 0.25) is 0 Å². The van der Waals surface area contributed by atoms with E-state index in [1.165, 1.54) is 41.7 Å². The van der Waals surface area contributed by atoms with E-state index in [0.29, 0.717) is 0 Å². The van der Waals surface area contributed by atoms with E-state index < -0.39 is 5.97 Å². The quantitative estimate of drug-likeness (QED) is 0.262. The van der Waals surface area contributed by atoms with Crippen LogP contribution in [0.4, 0.5) is 5.00 Å². The molecule has 1 aliphatic carbocycles. The van der Waals surface area contributed by atoms with Crippen LogP contribution in [0.1, 0.15) is 60.1 Å². The minimum Gasteiger partial charge on any atom is -0.462 e. The van der Waals surface area contributed by atoms with Crippen LogP contribution in [-0.2, 0) is 14.3 Å². The van der Waals surface area contributed by atoms with Gasteiger partial charge in [-0.25, -0.2) is 4.79 Å². The summed E-state index contributed by atoms with van der Waals surface area (Å²) < 4.78 is 4.92. The number of nitrogens with zero attached hydrogens (tertiary/aromatic N) is 2. The lowest BCUT2D eigenvalue weighted by molar-refractivity contribution is -0.137. The second-order valence-corrected chi connectivity index (χ2v) is 10.6. The molecular weight excluding hydrogens is 464 g/mol. The first kappa shape index (κ1) is 24.2. The first-order valence-corrected chi connectivity index (χ1v) is 13.4. The Hall–Kier alpha value is -2.95. The number of Topliss-reactive ketones (excluding diaryl/α,β-unsaturated/α-hetero) is 1. The number of esters is 1. The third kappa shape index (κ3) is 5.94. The van der Waals surface area contributed by atoms with Gasteiger partial charge in [-0.05, 0) is 87.9 Å². The number of nitriles is 1. The predicted octanol–water partition coefficient (Wildman–Crippen LogP) is 6.49. The van der Waals surface area contributed by atoms with E-state index in [2.05, 4.69) is 23.1 Å². The van der Waals surface area contributed by atoms with Crippen molar-refractivity contribution in [1.29, 1.82) is 5.26 Å². The number of carbonyl (C=O) groups is 2. The maximum Gasteiger partial charge on any atom is 0.348 e. The molecule has 0 N–H and O–H groups in total. The summed E-state index contributed by atoms with van der Waals surface area (Å²) in [6.07, 6.45) is 11.9. The second-order valence-electron chi connectivity index (χ2n) is 8.38. The van der Waals surface area contributed by atoms with Gasteiger partial charge in [-0.15, -0.1) is 22.7 Å². The molecule has 1 saturated carbocycles. The van der Waals surface area contributed by atoms with Gasteiger partial charge in [0.25, 0.3) is 0 Å². The number of thiophene rings is 2. The summed E-state index contributed by atoms with van der Waals surface area (Å²) in [5, 5.41) is 10.5. The lowest BCUT2D eigenvalue weighted by Gasteiger charge is -2.27. The predicted molar refractivity (Wildman–Crippen MR) is 140 cm³/mol. The fourth-order valence-electron chi connectivity index (χ4n) is 4.24. The van der Waals surface area contributed by atoms with Gasteiger partial charge in [-0.2, -0.15) is 5.26 Å². The monoisotopic (exact) mass is 492 g/mol. The fourth-order valence-corrected chi connectivity index (χ4v) is 6.19. The number of piperidine rings is 1. The molecule has 0 radical (unpaired) electrons. The van der Waals surface area contributed by atoms with Gasteiger partial charge in [0.1, 0.15) is 11.6 Å². The molecule has 2 aromatic heterocycles. The van der Waals surface area contributed by atoms with Crippen molar-refractivity contribution in [3.8, 4) is 6.07 Å². The molecule has 2 fully saturated rings. The number of ether oxygens (including phenoxy) is 1. The molecule has 1 saturated heterocycles. The smallest absolute Gasteiger partial charge is 0.348 e. The van der Waals surface area contributed by atoms with Crippen molar-refractivity contribution in [2.24, 2.45) is 0 Å². The van der Waals surface area contributed by atoms with Crippen molar-refractivity contribution in [2.45, 2.75) is 45.4 Å². The molecule has 2 aliphatic rings. The lowest BCUT2D eigenvalue weighted by atomic mass is 9.88. The molecular formula is C27H28N2O3S2. The van der Waals surface area contributed by atoms with E-state index in [-0.39, 0.29) is 18.0 Å². The highest BCUT2D eigenvalue weighted by Gasteiger charge is 2.21. The van der Waals surface area contributed by atoms with Crippen LogP contribution in [0.15, 0.2) is 41.0 Å². The SMILES string of the molecule is CCOC(=O)/C(C#N)=C/c1ccc(/C=C2\CCC/C(=C\c3ccc(N4CCCCC4)s3)C2=O)s1. The van der Waals surface area contributed by atoms with Crippen LogP contribution in [0.3, 0.4) is 0 Å². The largest absolute Gasteiger partial charge is 0.462 e. The Kier molecular flexibility index (Phi) is 8.15. The van der Waals surface area contributed by atoms with Crippen LogP contribution in [0.5, 0.6) is 0 Å². The number of anilines is 1. The standard InChI is InChI=1S/C27H28N2O3S2/c1-2-32-27(31)21(18-28)17-23-10-9-22(33-23)15-19-7-6-8-20(26(19)30)16-24-11-12-25(34-24)29-13-4-3-5-14-29/h9-12,15-17H,2-8,13-14H2,1H3/b19-15+,20-16+,21-17+. The van der Waals surface area contributed by atoms with E-state index in [9.17, 15) is 14.9 Å². The summed E-state index contributed by atoms with van der Waals surface area (Å²) in [5.41, 5.74) is 1.66. The molecule has 0 aromatic carbocycles. The third-order valence-electron chi connectivity index (χ3n) is 5.94. The average Bonchev–Trinajstić information content (AvgIpc) is 3.50. The Labute approximate surface area is 208 Å². The first-order valence-electron chi connectivity index (χ1n) is 11.8. The maximum absolute atomic E-state index is 13.2. The molecule has 34 heavy (non-hydrogen) atoms. The van der Waals surface area contributed by atoms with E-state index in [1.54, 1.807) is 18.3 Å². The molecule has 3 heterocycles. The molecule has 5 nitrogen and oxygen atoms in total. The van der Waals surface area contributed by atoms with Crippen molar-refractivity contribution in [3.05, 3.63) is 55.6 Å². The summed E-state index contributed by atoms with van der Waals surface area (Å²) >= 11 is 3.21.